The SMILES string of the molecule is CC(C)NC(=O)N1CCn2cc(CN(C)Cc3cccnc3)nc2C1. The molecule has 0 atom stereocenters. The molecule has 2 aromatic heterocycles. The average molecular weight is 342 g/mol. The standard InChI is InChI=1S/C18H26N6O/c1-14(2)20-18(25)24-8-7-23-12-16(21-17(23)13-24)11-22(3)10-15-5-4-6-19-9-15/h4-6,9,12,14H,7-8,10-11,13H2,1-3H3,(H,20,25). The van der Waals surface area contributed by atoms with Gasteiger partial charge in [0.05, 0.1) is 12.2 Å². The summed E-state index contributed by atoms with van der Waals surface area (Å²) in [5.74, 6) is 0.954. The number of urea groups is 1. The maximum Gasteiger partial charge on any atom is 0.318 e. The summed E-state index contributed by atoms with van der Waals surface area (Å²) in [5.41, 5.74) is 2.22. The van der Waals surface area contributed by atoms with E-state index in [2.05, 4.69) is 39.1 Å². The zero-order chi connectivity index (χ0) is 17.8. The van der Waals surface area contributed by atoms with Crippen LogP contribution in [0.15, 0.2) is 30.7 Å². The Morgan fingerprint density at radius 3 is 2.92 bits per heavy atom. The molecule has 0 unspecified atom stereocenters. The number of hydrogen-bond donors (Lipinski definition) is 1. The summed E-state index contributed by atoms with van der Waals surface area (Å²) >= 11 is 0. The largest absolute Gasteiger partial charge is 0.336 e. The number of aromatic nitrogens is 3. The lowest BCUT2D eigenvalue weighted by atomic mass is 10.2. The number of hydrogen-bond acceptors (Lipinski definition) is 4. The number of nitrogens with zero attached hydrogens (tertiary/aromatic N) is 5. The lowest BCUT2D eigenvalue weighted by Gasteiger charge is -2.28. The van der Waals surface area contributed by atoms with Gasteiger partial charge in [-0.15, -0.1) is 0 Å². The zero-order valence-electron chi connectivity index (χ0n) is 15.1. The van der Waals surface area contributed by atoms with Crippen LogP contribution in [0, 0.1) is 0 Å². The van der Waals surface area contributed by atoms with Crippen LogP contribution in [0.1, 0.15) is 30.9 Å². The fourth-order valence-electron chi connectivity index (χ4n) is 3.03. The normalized spacial score (nSPS) is 14.0. The first kappa shape index (κ1) is 17.4. The maximum absolute atomic E-state index is 12.2. The third-order valence-electron chi connectivity index (χ3n) is 4.16. The molecule has 2 amide bonds. The number of carbonyl (C=O) groups excluding carboxylic acids is 1. The van der Waals surface area contributed by atoms with Crippen LogP contribution in [-0.4, -0.2) is 50.0 Å². The topological polar surface area (TPSA) is 66.3 Å². The van der Waals surface area contributed by atoms with Gasteiger partial charge in [-0.05, 0) is 32.5 Å². The van der Waals surface area contributed by atoms with E-state index in [4.69, 9.17) is 4.98 Å². The van der Waals surface area contributed by atoms with Crippen LogP contribution in [0.3, 0.4) is 0 Å². The zero-order valence-corrected chi connectivity index (χ0v) is 15.1. The van der Waals surface area contributed by atoms with Gasteiger partial charge in [-0.2, -0.15) is 0 Å². The van der Waals surface area contributed by atoms with E-state index < -0.39 is 0 Å². The Morgan fingerprint density at radius 1 is 1.36 bits per heavy atom. The molecule has 1 N–H and O–H groups in total. The van der Waals surface area contributed by atoms with Crippen molar-refractivity contribution in [2.45, 2.75) is 46.1 Å². The van der Waals surface area contributed by atoms with Crippen LogP contribution in [0.25, 0.3) is 0 Å². The second kappa shape index (κ2) is 7.65. The summed E-state index contributed by atoms with van der Waals surface area (Å²) in [6.07, 6.45) is 5.78. The Hall–Kier alpha value is -2.41. The van der Waals surface area contributed by atoms with Crippen molar-refractivity contribution in [2.75, 3.05) is 13.6 Å². The molecule has 25 heavy (non-hydrogen) atoms. The quantitative estimate of drug-likeness (QED) is 0.900. The van der Waals surface area contributed by atoms with Crippen LogP contribution in [0.2, 0.25) is 0 Å². The average Bonchev–Trinajstić information content (AvgIpc) is 2.96. The van der Waals surface area contributed by atoms with Gasteiger partial charge >= 0.3 is 6.03 Å². The minimum Gasteiger partial charge on any atom is -0.336 e. The fourth-order valence-corrected chi connectivity index (χ4v) is 3.03. The van der Waals surface area contributed by atoms with Crippen molar-refractivity contribution in [3.63, 3.8) is 0 Å². The van der Waals surface area contributed by atoms with Crippen molar-refractivity contribution < 1.29 is 4.79 Å². The van der Waals surface area contributed by atoms with Gasteiger partial charge in [-0.25, -0.2) is 9.78 Å². The molecule has 134 valence electrons. The molecule has 0 saturated heterocycles. The van der Waals surface area contributed by atoms with Gasteiger partial charge in [-0.3, -0.25) is 9.88 Å². The Kier molecular flexibility index (Phi) is 5.33. The summed E-state index contributed by atoms with van der Waals surface area (Å²) in [6.45, 7) is 7.61. The smallest absolute Gasteiger partial charge is 0.318 e. The Morgan fingerprint density at radius 2 is 2.20 bits per heavy atom. The first-order chi connectivity index (χ1) is 12.0. The first-order valence-electron chi connectivity index (χ1n) is 8.69. The summed E-state index contributed by atoms with van der Waals surface area (Å²) in [7, 11) is 2.08. The molecule has 0 bridgehead atoms. The van der Waals surface area contributed by atoms with Crippen molar-refractivity contribution in [1.82, 2.24) is 29.7 Å². The maximum atomic E-state index is 12.2. The molecule has 0 fully saturated rings. The highest BCUT2D eigenvalue weighted by Gasteiger charge is 2.23. The summed E-state index contributed by atoms with van der Waals surface area (Å²) in [5, 5.41) is 2.95. The number of carbonyl (C=O) groups is 1. The molecule has 7 heteroatoms. The molecular weight excluding hydrogens is 316 g/mol. The molecule has 1 aliphatic heterocycles. The third-order valence-corrected chi connectivity index (χ3v) is 4.16. The number of imidazole rings is 1. The molecule has 0 saturated carbocycles. The van der Waals surface area contributed by atoms with Crippen LogP contribution < -0.4 is 5.32 Å². The van der Waals surface area contributed by atoms with Gasteiger partial charge in [0, 0.05) is 50.8 Å². The molecule has 7 nitrogen and oxygen atoms in total. The Bertz CT molecular complexity index is 712. The number of pyridine rings is 1. The van der Waals surface area contributed by atoms with Crippen molar-refractivity contribution >= 4 is 6.03 Å². The molecule has 2 aromatic rings. The van der Waals surface area contributed by atoms with E-state index in [9.17, 15) is 4.79 Å². The highest BCUT2D eigenvalue weighted by molar-refractivity contribution is 5.74. The monoisotopic (exact) mass is 342 g/mol. The van der Waals surface area contributed by atoms with Gasteiger partial charge in [-0.1, -0.05) is 6.07 Å². The molecule has 3 rings (SSSR count). The number of fused-ring (bicyclic) bond motifs is 1. The molecule has 0 aromatic carbocycles. The molecular formula is C18H26N6O. The van der Waals surface area contributed by atoms with E-state index in [1.54, 1.807) is 6.20 Å². The second-order valence-electron chi connectivity index (χ2n) is 6.90. The number of nitrogens with one attached hydrogen (secondary N) is 1. The molecule has 0 radical (unpaired) electrons. The van der Waals surface area contributed by atoms with Crippen molar-refractivity contribution in [2.24, 2.45) is 0 Å². The Balaban J connectivity index is 1.59. The highest BCUT2D eigenvalue weighted by Crippen LogP contribution is 2.15. The second-order valence-corrected chi connectivity index (χ2v) is 6.90. The van der Waals surface area contributed by atoms with Gasteiger partial charge < -0.3 is 14.8 Å². The number of rotatable bonds is 5. The van der Waals surface area contributed by atoms with E-state index in [0.717, 1.165) is 31.2 Å². The van der Waals surface area contributed by atoms with Crippen molar-refractivity contribution in [3.05, 3.63) is 47.8 Å². The van der Waals surface area contributed by atoms with Crippen LogP contribution in [-0.2, 0) is 26.2 Å². The Labute approximate surface area is 148 Å². The van der Waals surface area contributed by atoms with Crippen molar-refractivity contribution in [3.8, 4) is 0 Å². The van der Waals surface area contributed by atoms with E-state index in [-0.39, 0.29) is 12.1 Å². The summed E-state index contributed by atoms with van der Waals surface area (Å²) in [4.78, 5) is 25.1. The third kappa shape index (κ3) is 4.57. The number of amides is 2. The van der Waals surface area contributed by atoms with E-state index in [1.165, 1.54) is 5.56 Å². The van der Waals surface area contributed by atoms with Crippen LogP contribution in [0.5, 0.6) is 0 Å². The van der Waals surface area contributed by atoms with E-state index >= 15 is 0 Å². The van der Waals surface area contributed by atoms with Gasteiger partial charge in [0.1, 0.15) is 5.82 Å². The van der Waals surface area contributed by atoms with Crippen molar-refractivity contribution in [1.29, 1.82) is 0 Å². The fraction of sp³-hybridized carbons (Fsp3) is 0.500. The first-order valence-corrected chi connectivity index (χ1v) is 8.69. The molecule has 1 aliphatic rings. The molecule has 0 spiro atoms. The van der Waals surface area contributed by atoms with Gasteiger partial charge in [0.2, 0.25) is 0 Å². The van der Waals surface area contributed by atoms with Crippen LogP contribution in [0.4, 0.5) is 4.79 Å². The van der Waals surface area contributed by atoms with E-state index in [0.29, 0.717) is 13.1 Å². The predicted octanol–water partition coefficient (Wildman–Crippen LogP) is 1.84. The van der Waals surface area contributed by atoms with Crippen LogP contribution >= 0.6 is 0 Å². The minimum absolute atomic E-state index is 0.0144. The summed E-state index contributed by atoms with van der Waals surface area (Å²) < 4.78 is 2.16. The predicted molar refractivity (Wildman–Crippen MR) is 95.7 cm³/mol. The highest BCUT2D eigenvalue weighted by atomic mass is 16.2. The minimum atomic E-state index is -0.0144. The molecule has 0 aliphatic carbocycles. The lowest BCUT2D eigenvalue weighted by Crippen LogP contribution is -2.46. The van der Waals surface area contributed by atoms with Gasteiger partial charge in [0.25, 0.3) is 0 Å². The lowest BCUT2D eigenvalue weighted by molar-refractivity contribution is 0.179. The van der Waals surface area contributed by atoms with E-state index in [1.807, 2.05) is 31.0 Å². The van der Waals surface area contributed by atoms with Gasteiger partial charge in [0.15, 0.2) is 0 Å². The summed E-state index contributed by atoms with van der Waals surface area (Å²) in [6, 6.07) is 4.16. The molecule has 3 heterocycles.